The molecule has 108 valence electrons. The van der Waals surface area contributed by atoms with Crippen LogP contribution in [0, 0.1) is 0 Å². The van der Waals surface area contributed by atoms with Gasteiger partial charge in [-0.2, -0.15) is 8.78 Å². The highest BCUT2D eigenvalue weighted by atomic mass is 19.3. The third-order valence-electron chi connectivity index (χ3n) is 2.55. The van der Waals surface area contributed by atoms with E-state index in [1.54, 1.807) is 0 Å². The summed E-state index contributed by atoms with van der Waals surface area (Å²) in [6.45, 7) is 3.66. The van der Waals surface area contributed by atoms with Crippen molar-refractivity contribution < 1.29 is 22.3 Å². The van der Waals surface area contributed by atoms with E-state index >= 15 is 0 Å². The number of hydrogen-bond donors (Lipinski definition) is 1. The monoisotopic (exact) mass is 279 g/mol. The maximum atomic E-state index is 13.4. The zero-order chi connectivity index (χ0) is 14.6. The van der Waals surface area contributed by atoms with Gasteiger partial charge < -0.3 is 10.1 Å². The smallest absolute Gasteiger partial charge is 0.326 e. The first-order valence-corrected chi connectivity index (χ1v) is 5.88. The molecule has 0 saturated heterocycles. The van der Waals surface area contributed by atoms with Crippen molar-refractivity contribution in [2.24, 2.45) is 0 Å². The van der Waals surface area contributed by atoms with Gasteiger partial charge in [0.25, 0.3) is 0 Å². The van der Waals surface area contributed by atoms with Gasteiger partial charge >= 0.3 is 12.3 Å². The fourth-order valence-electron chi connectivity index (χ4n) is 1.72. The van der Waals surface area contributed by atoms with E-state index in [-0.39, 0.29) is 11.7 Å². The van der Waals surface area contributed by atoms with Crippen molar-refractivity contribution in [3.8, 4) is 5.75 Å². The van der Waals surface area contributed by atoms with Gasteiger partial charge in [0.15, 0.2) is 0 Å². The average Bonchev–Trinajstić information content (AvgIpc) is 2.31. The number of halogens is 4. The number of rotatable bonds is 6. The van der Waals surface area contributed by atoms with Crippen LogP contribution in [0.2, 0.25) is 0 Å². The number of ether oxygens (including phenoxy) is 1. The maximum absolute atomic E-state index is 13.4. The van der Waals surface area contributed by atoms with E-state index in [4.69, 9.17) is 4.74 Å². The Balaban J connectivity index is 2.94. The van der Waals surface area contributed by atoms with Crippen molar-refractivity contribution in [1.29, 1.82) is 0 Å². The van der Waals surface area contributed by atoms with Crippen LogP contribution in [0.3, 0.4) is 0 Å². The molecule has 0 amide bonds. The van der Waals surface area contributed by atoms with Crippen LogP contribution in [-0.2, 0) is 0 Å². The van der Waals surface area contributed by atoms with Crippen LogP contribution in [0.4, 0.5) is 17.6 Å². The van der Waals surface area contributed by atoms with Gasteiger partial charge in [-0.25, -0.2) is 8.78 Å². The maximum Gasteiger partial charge on any atom is 0.326 e. The Bertz CT molecular complexity index is 392. The lowest BCUT2D eigenvalue weighted by molar-refractivity contribution is -0.150. The summed E-state index contributed by atoms with van der Waals surface area (Å²) in [6.07, 6.45) is -3.77. The molecular formula is C13H17F4NO. The van der Waals surface area contributed by atoms with E-state index in [0.717, 1.165) is 0 Å². The van der Waals surface area contributed by atoms with Crippen LogP contribution in [0.15, 0.2) is 24.3 Å². The van der Waals surface area contributed by atoms with Gasteiger partial charge in [-0.15, -0.1) is 0 Å². The summed E-state index contributed by atoms with van der Waals surface area (Å²) in [4.78, 5) is 0. The molecule has 0 radical (unpaired) electrons. The van der Waals surface area contributed by atoms with Crippen LogP contribution >= 0.6 is 0 Å². The van der Waals surface area contributed by atoms with E-state index in [0.29, 0.717) is 5.75 Å². The van der Waals surface area contributed by atoms with Crippen LogP contribution < -0.4 is 10.1 Å². The van der Waals surface area contributed by atoms with Crippen molar-refractivity contribution in [2.45, 2.75) is 38.3 Å². The highest BCUT2D eigenvalue weighted by Crippen LogP contribution is 2.36. The molecular weight excluding hydrogens is 262 g/mol. The van der Waals surface area contributed by atoms with Crippen molar-refractivity contribution in [1.82, 2.24) is 5.32 Å². The Morgan fingerprint density at radius 3 is 2.00 bits per heavy atom. The lowest BCUT2D eigenvalue weighted by Crippen LogP contribution is -2.41. The van der Waals surface area contributed by atoms with Crippen LogP contribution in [0.25, 0.3) is 0 Å². The quantitative estimate of drug-likeness (QED) is 0.803. The van der Waals surface area contributed by atoms with Crippen molar-refractivity contribution >= 4 is 0 Å². The Labute approximate surface area is 109 Å². The van der Waals surface area contributed by atoms with Gasteiger partial charge in [-0.05, 0) is 38.6 Å². The second kappa shape index (κ2) is 6.23. The van der Waals surface area contributed by atoms with Crippen LogP contribution in [0.1, 0.15) is 25.5 Å². The summed E-state index contributed by atoms with van der Waals surface area (Å²) in [7, 11) is 1.22. The molecule has 6 heteroatoms. The van der Waals surface area contributed by atoms with Crippen LogP contribution in [0.5, 0.6) is 5.75 Å². The topological polar surface area (TPSA) is 21.3 Å². The van der Waals surface area contributed by atoms with Gasteiger partial charge in [0.1, 0.15) is 11.8 Å². The molecule has 1 rings (SSSR count). The summed E-state index contributed by atoms with van der Waals surface area (Å²) < 4.78 is 56.8. The molecule has 0 aliphatic rings. The Morgan fingerprint density at radius 1 is 1.11 bits per heavy atom. The molecule has 0 bridgehead atoms. The molecule has 0 spiro atoms. The predicted octanol–water partition coefficient (Wildman–Crippen LogP) is 3.63. The third kappa shape index (κ3) is 3.83. The molecule has 0 fully saturated rings. The lowest BCUT2D eigenvalue weighted by atomic mass is 10.0. The zero-order valence-electron chi connectivity index (χ0n) is 11.0. The number of benzene rings is 1. The fraction of sp³-hybridized carbons (Fsp3) is 0.538. The minimum atomic E-state index is -4.13. The van der Waals surface area contributed by atoms with E-state index < -0.39 is 18.4 Å². The molecule has 0 aliphatic heterocycles. The molecule has 2 nitrogen and oxygen atoms in total. The summed E-state index contributed by atoms with van der Waals surface area (Å²) >= 11 is 0. The average molecular weight is 279 g/mol. The van der Waals surface area contributed by atoms with Crippen molar-refractivity contribution in [2.75, 3.05) is 7.05 Å². The van der Waals surface area contributed by atoms with Gasteiger partial charge in [0, 0.05) is 0 Å². The normalized spacial score (nSPS) is 13.9. The Hall–Kier alpha value is -1.30. The second-order valence-electron chi connectivity index (χ2n) is 4.43. The van der Waals surface area contributed by atoms with Gasteiger partial charge in [-0.1, -0.05) is 12.1 Å². The predicted molar refractivity (Wildman–Crippen MR) is 65.0 cm³/mol. The van der Waals surface area contributed by atoms with E-state index in [9.17, 15) is 17.6 Å². The molecule has 1 unspecified atom stereocenters. The standard InChI is InChI=1S/C13H17F4NO/c1-8(2)19-10-6-4-9(5-7-10)11(18-3)13(16,17)12(14)15/h4-8,11-12,18H,1-3H3. The first-order chi connectivity index (χ1) is 8.78. The molecule has 0 aliphatic carbocycles. The first kappa shape index (κ1) is 15.8. The molecule has 0 saturated carbocycles. The SMILES string of the molecule is CNC(c1ccc(OC(C)C)cc1)C(F)(F)C(F)F. The van der Waals surface area contributed by atoms with Crippen LogP contribution in [-0.4, -0.2) is 25.5 Å². The number of nitrogens with one attached hydrogen (secondary N) is 1. The summed E-state index contributed by atoms with van der Waals surface area (Å²) in [5, 5.41) is 2.23. The summed E-state index contributed by atoms with van der Waals surface area (Å²) in [5.41, 5.74) is 0.0870. The highest BCUT2D eigenvalue weighted by molar-refractivity contribution is 5.30. The van der Waals surface area contributed by atoms with Crippen molar-refractivity contribution in [3.05, 3.63) is 29.8 Å². The molecule has 1 aromatic carbocycles. The minimum Gasteiger partial charge on any atom is -0.491 e. The molecule has 1 aromatic rings. The van der Waals surface area contributed by atoms with Gasteiger partial charge in [0.2, 0.25) is 0 Å². The van der Waals surface area contributed by atoms with E-state index in [1.807, 2.05) is 13.8 Å². The van der Waals surface area contributed by atoms with Gasteiger partial charge in [-0.3, -0.25) is 0 Å². The second-order valence-corrected chi connectivity index (χ2v) is 4.43. The number of hydrogen-bond acceptors (Lipinski definition) is 2. The molecule has 1 N–H and O–H groups in total. The van der Waals surface area contributed by atoms with E-state index in [2.05, 4.69) is 5.32 Å². The Morgan fingerprint density at radius 2 is 1.63 bits per heavy atom. The molecule has 0 aromatic heterocycles. The number of alkyl halides is 4. The summed E-state index contributed by atoms with van der Waals surface area (Å²) in [5.74, 6) is -3.62. The van der Waals surface area contributed by atoms with Gasteiger partial charge in [0.05, 0.1) is 6.10 Å². The minimum absolute atomic E-state index is 0.0477. The third-order valence-corrected chi connectivity index (χ3v) is 2.55. The molecule has 19 heavy (non-hydrogen) atoms. The van der Waals surface area contributed by atoms with E-state index in [1.165, 1.54) is 31.3 Å². The highest BCUT2D eigenvalue weighted by Gasteiger charge is 2.48. The Kier molecular flexibility index (Phi) is 5.17. The molecule has 0 heterocycles. The fourth-order valence-corrected chi connectivity index (χ4v) is 1.72. The first-order valence-electron chi connectivity index (χ1n) is 5.88. The lowest BCUT2D eigenvalue weighted by Gasteiger charge is -2.26. The zero-order valence-corrected chi connectivity index (χ0v) is 11.0. The van der Waals surface area contributed by atoms with Crippen molar-refractivity contribution in [3.63, 3.8) is 0 Å². The molecule has 1 atom stereocenters. The summed E-state index contributed by atoms with van der Waals surface area (Å²) in [6, 6.07) is 3.95. The largest absolute Gasteiger partial charge is 0.491 e.